The largest absolute Gasteiger partial charge is 0.508 e. The molecular formula is C53H76N14O16S2. The van der Waals surface area contributed by atoms with Gasteiger partial charge in [0.05, 0.1) is 13.0 Å². The number of carboxylic acid groups (broad SMARTS) is 1. The van der Waals surface area contributed by atoms with E-state index in [-0.39, 0.29) is 86.5 Å². The Kier molecular flexibility index (Phi) is 27.5. The molecule has 19 N–H and O–H groups in total. The first-order valence-corrected chi connectivity index (χ1v) is 29.6. The number of aliphatic imine (C=N–C) groups is 1. The third-order valence-electron chi connectivity index (χ3n) is 13.2. The van der Waals surface area contributed by atoms with Crippen molar-refractivity contribution < 1.29 is 78.0 Å². The van der Waals surface area contributed by atoms with Crippen molar-refractivity contribution >= 4 is 98.5 Å². The number of guanidine groups is 1. The van der Waals surface area contributed by atoms with Crippen molar-refractivity contribution in [2.45, 2.75) is 139 Å². The van der Waals surface area contributed by atoms with Crippen LogP contribution in [0.3, 0.4) is 0 Å². The van der Waals surface area contributed by atoms with E-state index in [2.05, 4.69) is 52.8 Å². The number of benzene rings is 2. The molecule has 2 aliphatic heterocycles. The maximum atomic E-state index is 14.5. The highest BCUT2D eigenvalue weighted by molar-refractivity contribution is 8.76. The first-order chi connectivity index (χ1) is 40.1. The van der Waals surface area contributed by atoms with Crippen LogP contribution >= 0.6 is 21.6 Å². The Balaban J connectivity index is 1.80. The Morgan fingerprint density at radius 1 is 0.659 bits per heavy atom. The Morgan fingerprint density at radius 2 is 1.14 bits per heavy atom. The molecule has 0 radical (unpaired) electrons. The highest BCUT2D eigenvalue weighted by atomic mass is 33.1. The predicted molar refractivity (Wildman–Crippen MR) is 310 cm³/mol. The minimum Gasteiger partial charge on any atom is -0.508 e. The lowest BCUT2D eigenvalue weighted by atomic mass is 10.00. The lowest BCUT2D eigenvalue weighted by Gasteiger charge is -2.29. The van der Waals surface area contributed by atoms with Crippen molar-refractivity contribution in [1.82, 2.24) is 52.8 Å². The number of phenols is 2. The van der Waals surface area contributed by atoms with Gasteiger partial charge >= 0.3 is 5.97 Å². The quantitative estimate of drug-likeness (QED) is 0.0347. The lowest BCUT2D eigenvalue weighted by molar-refractivity contribution is -0.141. The SMILES string of the molecule is CC(=O)N[C@H]1CSSC[C@@H](C(N)=O)NC(=O)[C@H](CC(=O)O)NC(=O)[C@H](CC(C)C)NC(=O)[C@H](Cc2ccc(O)cc2)NC(=O)[C@H](CCCN=C(N)N)NC(=O)[C@H](CO)NC(=O)[C@H](Cc2ccc(O)cc2)NC(=O)[C@H](C)NC(=O)[C@@H]2CCCN2C1=O. The first kappa shape index (κ1) is 69.1. The number of aliphatic hydroxyl groups is 1. The van der Waals surface area contributed by atoms with Crippen molar-refractivity contribution in [1.29, 1.82) is 0 Å². The van der Waals surface area contributed by atoms with E-state index in [1.54, 1.807) is 13.8 Å². The van der Waals surface area contributed by atoms with Crippen LogP contribution in [0.2, 0.25) is 0 Å². The summed E-state index contributed by atoms with van der Waals surface area (Å²) in [5.74, 6) is -13.4. The molecule has 0 aromatic heterocycles. The standard InChI is InChI=1S/C53H76N14O16S2/c1-26(2)19-34-46(77)64-37(22-42(72)73)49(80)66-39(43(54)74)24-84-85-25-40(59-28(4)69)52(83)67-18-6-8-41(67)51(82)58-27(3)44(75)61-35(20-29-9-13-31(70)14-10-29)48(79)65-38(23-68)50(81)60-33(7-5-17-57-53(55)56)45(76)63-36(47(78)62-34)21-30-11-15-32(71)16-12-30/h9-16,26-27,33-41,68,70-71H,5-8,17-25H2,1-4H3,(H2,54,74)(H,58,82)(H,59,69)(H,60,81)(H,61,75)(H,62,78)(H,63,76)(H,64,77)(H,65,79)(H,66,80)(H,72,73)(H4,55,56,57)/t27-,33-,34-,35-,36-,37-,38-,39-,40-,41-/m0/s1. The molecule has 2 heterocycles. The van der Waals surface area contributed by atoms with Crippen LogP contribution in [0.5, 0.6) is 11.5 Å². The van der Waals surface area contributed by atoms with E-state index >= 15 is 0 Å². The van der Waals surface area contributed by atoms with Gasteiger partial charge in [-0.05, 0) is 80.3 Å². The fraction of sp³-hybridized carbons (Fsp3) is 0.528. The summed E-state index contributed by atoms with van der Waals surface area (Å²) in [6, 6.07) is -4.19. The number of nitrogens with one attached hydrogen (secondary N) is 9. The number of rotatable bonds is 15. The fourth-order valence-corrected chi connectivity index (χ4v) is 11.2. The molecule has 2 aliphatic rings. The molecule has 32 heteroatoms. The lowest BCUT2D eigenvalue weighted by Crippen LogP contribution is -2.61. The number of nitrogens with two attached hydrogens (primary N) is 3. The van der Waals surface area contributed by atoms with Gasteiger partial charge in [0, 0.05) is 44.4 Å². The molecule has 466 valence electrons. The van der Waals surface area contributed by atoms with Crippen molar-refractivity contribution in [2.24, 2.45) is 28.1 Å². The van der Waals surface area contributed by atoms with Gasteiger partial charge in [0.25, 0.3) is 0 Å². The molecule has 0 spiro atoms. The molecule has 0 unspecified atom stereocenters. The summed E-state index contributed by atoms with van der Waals surface area (Å²) in [6.07, 6.45) is -1.46. The number of aromatic hydroxyl groups is 2. The highest BCUT2D eigenvalue weighted by Gasteiger charge is 2.40. The summed E-state index contributed by atoms with van der Waals surface area (Å²) in [6.45, 7) is 4.77. The number of phenolic OH excluding ortho intramolecular Hbond substituents is 2. The zero-order valence-electron chi connectivity index (χ0n) is 47.3. The number of hydrogen-bond donors (Lipinski definition) is 16. The summed E-state index contributed by atoms with van der Waals surface area (Å²) < 4.78 is 0. The van der Waals surface area contributed by atoms with Gasteiger partial charge in [-0.15, -0.1) is 0 Å². The van der Waals surface area contributed by atoms with Gasteiger partial charge in [0.15, 0.2) is 5.96 Å². The summed E-state index contributed by atoms with van der Waals surface area (Å²) in [4.78, 5) is 170. The maximum Gasteiger partial charge on any atom is 0.305 e. The third-order valence-corrected chi connectivity index (χ3v) is 15.7. The predicted octanol–water partition coefficient (Wildman–Crippen LogP) is -4.28. The number of aliphatic carboxylic acids is 1. The summed E-state index contributed by atoms with van der Waals surface area (Å²) in [5, 5.41) is 62.8. The number of carboxylic acids is 1. The van der Waals surface area contributed by atoms with Gasteiger partial charge in [-0.3, -0.25) is 62.5 Å². The molecule has 10 atom stereocenters. The number of aliphatic hydroxyl groups excluding tert-OH is 1. The monoisotopic (exact) mass is 1230 g/mol. The maximum absolute atomic E-state index is 14.5. The number of hydrogen-bond acceptors (Lipinski definition) is 18. The fourth-order valence-electron chi connectivity index (χ4n) is 8.86. The molecule has 2 saturated heterocycles. The van der Waals surface area contributed by atoms with Crippen LogP contribution in [-0.2, 0) is 70.4 Å². The van der Waals surface area contributed by atoms with Gasteiger partial charge in [0.2, 0.25) is 65.0 Å². The first-order valence-electron chi connectivity index (χ1n) is 27.1. The molecule has 0 saturated carbocycles. The van der Waals surface area contributed by atoms with Crippen LogP contribution in [0.15, 0.2) is 53.5 Å². The number of primary amides is 1. The third kappa shape index (κ3) is 22.9. The van der Waals surface area contributed by atoms with Crippen molar-refractivity contribution in [3.8, 4) is 11.5 Å². The molecule has 2 aromatic rings. The second-order valence-corrected chi connectivity index (χ2v) is 23.2. The molecular weight excluding hydrogens is 1150 g/mol. The second-order valence-electron chi connectivity index (χ2n) is 20.7. The smallest absolute Gasteiger partial charge is 0.305 e. The van der Waals surface area contributed by atoms with Gasteiger partial charge in [-0.1, -0.05) is 59.7 Å². The second kappa shape index (κ2) is 33.8. The topological polar surface area (TPSA) is 488 Å². The Bertz CT molecular complexity index is 2750. The molecule has 85 heavy (non-hydrogen) atoms. The summed E-state index contributed by atoms with van der Waals surface area (Å²) in [5.41, 5.74) is 17.5. The van der Waals surface area contributed by atoms with E-state index in [1.165, 1.54) is 60.4 Å². The van der Waals surface area contributed by atoms with E-state index in [0.29, 0.717) is 17.5 Å². The summed E-state index contributed by atoms with van der Waals surface area (Å²) in [7, 11) is 1.90. The van der Waals surface area contributed by atoms with Gasteiger partial charge in [-0.2, -0.15) is 0 Å². The minimum atomic E-state index is -1.87. The molecule has 0 bridgehead atoms. The number of carbonyl (C=O) groups is 12. The minimum absolute atomic E-state index is 0.0170. The molecule has 4 rings (SSSR count). The zero-order valence-corrected chi connectivity index (χ0v) is 48.9. The van der Waals surface area contributed by atoms with Crippen LogP contribution < -0.4 is 65.1 Å². The molecule has 11 amide bonds. The van der Waals surface area contributed by atoms with Gasteiger partial charge < -0.3 is 90.4 Å². The Morgan fingerprint density at radius 3 is 1.67 bits per heavy atom. The van der Waals surface area contributed by atoms with Crippen LogP contribution in [0.1, 0.15) is 77.3 Å². The van der Waals surface area contributed by atoms with Gasteiger partial charge in [-0.25, -0.2) is 0 Å². The van der Waals surface area contributed by atoms with E-state index in [1.807, 2.05) is 0 Å². The Hall–Kier alpha value is -8.39. The molecule has 2 fully saturated rings. The van der Waals surface area contributed by atoms with E-state index < -0.39 is 144 Å². The Labute approximate surface area is 497 Å². The highest BCUT2D eigenvalue weighted by Crippen LogP contribution is 2.26. The number of nitrogens with zero attached hydrogens (tertiary/aromatic N) is 2. The molecule has 30 nitrogen and oxygen atoms in total. The van der Waals surface area contributed by atoms with Crippen molar-refractivity contribution in [3.63, 3.8) is 0 Å². The number of amides is 11. The molecule has 2 aromatic carbocycles. The van der Waals surface area contributed by atoms with E-state index in [0.717, 1.165) is 28.5 Å². The average molecular weight is 1230 g/mol. The van der Waals surface area contributed by atoms with Crippen molar-refractivity contribution in [2.75, 3.05) is 31.2 Å². The van der Waals surface area contributed by atoms with Crippen molar-refractivity contribution in [3.05, 3.63) is 59.7 Å². The van der Waals surface area contributed by atoms with Crippen LogP contribution in [0, 0.1) is 5.92 Å². The average Bonchev–Trinajstić information content (AvgIpc) is 3.70. The number of fused-ring (bicyclic) bond motifs is 1. The van der Waals surface area contributed by atoms with Crippen LogP contribution in [0.25, 0.3) is 0 Å². The summed E-state index contributed by atoms with van der Waals surface area (Å²) >= 11 is 0. The normalized spacial score (nSPS) is 25.1. The van der Waals surface area contributed by atoms with E-state index in [4.69, 9.17) is 17.2 Å². The van der Waals surface area contributed by atoms with E-state index in [9.17, 15) is 78.0 Å². The van der Waals surface area contributed by atoms with Gasteiger partial charge in [0.1, 0.15) is 71.9 Å². The number of carbonyl (C=O) groups excluding carboxylic acids is 11. The van der Waals surface area contributed by atoms with Crippen LogP contribution in [-0.4, -0.2) is 194 Å². The van der Waals surface area contributed by atoms with Crippen LogP contribution in [0.4, 0.5) is 0 Å². The zero-order chi connectivity index (χ0) is 63.1. The molecule has 0 aliphatic carbocycles.